The zero-order valence-electron chi connectivity index (χ0n) is 39.5. The van der Waals surface area contributed by atoms with Crippen molar-refractivity contribution in [3.63, 3.8) is 0 Å². The van der Waals surface area contributed by atoms with Gasteiger partial charge in [-0.1, -0.05) is 27.7 Å². The zero-order valence-corrected chi connectivity index (χ0v) is 41.1. The maximum atomic E-state index is 13.4. The molecule has 5 heterocycles. The minimum Gasteiger partial charge on any atom is -0.351 e. The molecule has 19 nitrogen and oxygen atoms in total. The Morgan fingerprint density at radius 1 is 0.612 bits per heavy atom. The molecule has 1 aromatic carbocycles. The fraction of sp³-hybridized carbons (Fsp3) is 0.391. The highest BCUT2D eigenvalue weighted by Gasteiger charge is 2.25. The maximum Gasteiger partial charge on any atom is 0.274 e. The van der Waals surface area contributed by atoms with E-state index in [9.17, 15) is 28.8 Å². The molecule has 5 aromatic heterocycles. The molecule has 6 rings (SSSR count). The fourth-order valence-electron chi connectivity index (χ4n) is 7.08. The summed E-state index contributed by atoms with van der Waals surface area (Å²) in [6.07, 6.45) is 4.80. The first-order chi connectivity index (χ1) is 31.8. The highest BCUT2D eigenvalue weighted by Crippen LogP contribution is 2.32. The number of thiazole rings is 2. The van der Waals surface area contributed by atoms with E-state index in [0.717, 1.165) is 35.7 Å². The summed E-state index contributed by atoms with van der Waals surface area (Å²) in [5.41, 5.74) is 3.01. The van der Waals surface area contributed by atoms with Crippen LogP contribution in [0.25, 0.3) is 10.9 Å². The van der Waals surface area contributed by atoms with Gasteiger partial charge in [-0.25, -0.2) is 9.97 Å². The summed E-state index contributed by atoms with van der Waals surface area (Å²) in [6.45, 7) is 10.5. The van der Waals surface area contributed by atoms with Gasteiger partial charge in [0.25, 0.3) is 35.4 Å². The van der Waals surface area contributed by atoms with Crippen LogP contribution in [0, 0.1) is 0 Å². The molecule has 0 bridgehead atoms. The molecule has 21 heteroatoms. The van der Waals surface area contributed by atoms with Gasteiger partial charge in [0.05, 0.1) is 11.4 Å². The maximum absolute atomic E-state index is 13.4. The number of fused-ring (bicyclic) bond motifs is 1. The molecule has 0 aliphatic rings. The van der Waals surface area contributed by atoms with Crippen LogP contribution in [0.15, 0.2) is 48.8 Å². The van der Waals surface area contributed by atoms with E-state index in [4.69, 9.17) is 0 Å². The van der Waals surface area contributed by atoms with Crippen molar-refractivity contribution in [3.05, 3.63) is 92.6 Å². The van der Waals surface area contributed by atoms with Gasteiger partial charge in [-0.05, 0) is 102 Å². The van der Waals surface area contributed by atoms with Crippen molar-refractivity contribution in [2.24, 2.45) is 14.1 Å². The highest BCUT2D eigenvalue weighted by molar-refractivity contribution is 7.16. The topological polar surface area (TPSA) is 233 Å². The summed E-state index contributed by atoms with van der Waals surface area (Å²) in [5.74, 6) is -2.38. The first-order valence-electron chi connectivity index (χ1n) is 21.9. The summed E-state index contributed by atoms with van der Waals surface area (Å²) in [4.78, 5) is 97.3. The van der Waals surface area contributed by atoms with Gasteiger partial charge in [0.2, 0.25) is 0 Å². The lowest BCUT2D eigenvalue weighted by atomic mass is 10.1. The number of aromatic nitrogens is 5. The van der Waals surface area contributed by atoms with E-state index in [-0.39, 0.29) is 52.1 Å². The molecule has 0 saturated carbocycles. The van der Waals surface area contributed by atoms with Gasteiger partial charge in [0, 0.05) is 65.8 Å². The fourth-order valence-corrected chi connectivity index (χ4v) is 9.00. The number of H-pyrrole nitrogens is 1. The molecule has 7 N–H and O–H groups in total. The van der Waals surface area contributed by atoms with Gasteiger partial charge in [0.15, 0.2) is 10.3 Å². The van der Waals surface area contributed by atoms with Gasteiger partial charge in [-0.2, -0.15) is 0 Å². The van der Waals surface area contributed by atoms with Gasteiger partial charge in [-0.15, -0.1) is 22.7 Å². The van der Waals surface area contributed by atoms with Crippen molar-refractivity contribution in [1.82, 2.24) is 44.5 Å². The van der Waals surface area contributed by atoms with Crippen molar-refractivity contribution in [3.8, 4) is 0 Å². The Labute approximate surface area is 397 Å². The van der Waals surface area contributed by atoms with Gasteiger partial charge in [-0.3, -0.25) is 39.4 Å². The molecule has 6 amide bonds. The summed E-state index contributed by atoms with van der Waals surface area (Å²) < 4.78 is 3.16. The van der Waals surface area contributed by atoms with Crippen LogP contribution in [0.5, 0.6) is 0 Å². The Kier molecular flexibility index (Phi) is 16.1. The molecule has 67 heavy (non-hydrogen) atoms. The van der Waals surface area contributed by atoms with Crippen molar-refractivity contribution in [1.29, 1.82) is 0 Å². The number of rotatable bonds is 20. The Balaban J connectivity index is 1.06. The van der Waals surface area contributed by atoms with Crippen molar-refractivity contribution >= 4 is 90.7 Å². The number of hydrogen-bond donors (Lipinski definition) is 7. The Morgan fingerprint density at radius 3 is 1.52 bits per heavy atom. The first-order valence-corrected chi connectivity index (χ1v) is 23.5. The van der Waals surface area contributed by atoms with E-state index >= 15 is 0 Å². The second kappa shape index (κ2) is 21.7. The molecule has 0 fully saturated rings. The summed E-state index contributed by atoms with van der Waals surface area (Å²) in [7, 11) is 11.2. The lowest BCUT2D eigenvalue weighted by molar-refractivity contribution is 0.0938. The lowest BCUT2D eigenvalue weighted by Gasteiger charge is -2.10. The SMILES string of the molecule is CC(C)c1sc(NC(=O)c2cc(NC(=O)c3ccc4[nH]c(C(=O)Nc5cc(C(=O)Nc6nc(C(=O)NCCCN(C)C)c(C(C)C)s6)n(C)c5)cc4c3)cn2C)nc1C(=O)NCCCN(C)C. The van der Waals surface area contributed by atoms with E-state index in [1.165, 1.54) is 22.7 Å². The van der Waals surface area contributed by atoms with Gasteiger partial charge >= 0.3 is 0 Å². The number of anilines is 4. The van der Waals surface area contributed by atoms with Crippen LogP contribution >= 0.6 is 22.7 Å². The summed E-state index contributed by atoms with van der Waals surface area (Å²) >= 11 is 2.50. The second-order valence-corrected chi connectivity index (χ2v) is 19.4. The number of aryl methyl sites for hydroxylation is 2. The van der Waals surface area contributed by atoms with Crippen LogP contribution in [0.4, 0.5) is 21.6 Å². The quantitative estimate of drug-likeness (QED) is 0.0418. The van der Waals surface area contributed by atoms with Crippen LogP contribution in [-0.2, 0) is 14.1 Å². The molecule has 0 spiro atoms. The third kappa shape index (κ3) is 12.6. The average Bonchev–Trinajstić information content (AvgIpc) is 4.11. The van der Waals surface area contributed by atoms with Crippen LogP contribution in [0.2, 0.25) is 0 Å². The molecule has 0 aliphatic carbocycles. The summed E-state index contributed by atoms with van der Waals surface area (Å²) in [5, 5.41) is 18.3. The van der Waals surface area contributed by atoms with E-state index in [1.807, 2.05) is 65.7 Å². The van der Waals surface area contributed by atoms with Crippen LogP contribution < -0.4 is 31.9 Å². The largest absolute Gasteiger partial charge is 0.351 e. The number of nitrogens with zero attached hydrogens (tertiary/aromatic N) is 6. The number of hydrogen-bond acceptors (Lipinski definition) is 12. The monoisotopic (exact) mass is 953 g/mol. The van der Waals surface area contributed by atoms with E-state index in [2.05, 4.69) is 46.9 Å². The van der Waals surface area contributed by atoms with Gasteiger partial charge < -0.3 is 45.2 Å². The molecule has 0 atom stereocenters. The third-order valence-electron chi connectivity index (χ3n) is 10.5. The normalized spacial score (nSPS) is 11.5. The Bertz CT molecular complexity index is 2640. The third-order valence-corrected chi connectivity index (χ3v) is 13.0. The standard InChI is InChI=1S/C46H59N13O6S2/c1-25(2)37-35(43(64)47-15-11-17-56(5)6)52-45(66-37)54-41(62)33-21-29(23-58(33)9)49-39(60)27-13-14-31-28(19-27)20-32(51-31)40(61)50-30-22-34(59(10)24-30)42(63)55-46-53-36(38(67-46)26(3)4)44(65)48-16-12-18-57(7)8/h13-14,19-26,51H,11-12,15-18H2,1-10H3,(H,47,64)(H,48,65)(H,49,60)(H,50,61)(H,52,54,62)(H,53,55,63). The minimum atomic E-state index is -0.467. The van der Waals surface area contributed by atoms with Gasteiger partial charge in [0.1, 0.15) is 28.5 Å². The number of nitrogens with one attached hydrogen (secondary N) is 7. The van der Waals surface area contributed by atoms with Crippen molar-refractivity contribution in [2.75, 3.05) is 75.6 Å². The number of amides is 6. The number of carbonyl (C=O) groups is 6. The molecule has 6 aromatic rings. The molecular formula is C46H59N13O6S2. The van der Waals surface area contributed by atoms with E-state index < -0.39 is 23.6 Å². The first kappa shape index (κ1) is 49.7. The molecule has 356 valence electrons. The lowest BCUT2D eigenvalue weighted by Crippen LogP contribution is -2.28. The highest BCUT2D eigenvalue weighted by atomic mass is 32.1. The molecule has 0 radical (unpaired) electrons. The predicted molar refractivity (Wildman–Crippen MR) is 264 cm³/mol. The predicted octanol–water partition coefficient (Wildman–Crippen LogP) is 6.38. The minimum absolute atomic E-state index is 0.0107. The van der Waals surface area contributed by atoms with E-state index in [1.54, 1.807) is 72.0 Å². The zero-order chi connectivity index (χ0) is 48.7. The number of benzene rings is 1. The van der Waals surface area contributed by atoms with Crippen molar-refractivity contribution < 1.29 is 28.8 Å². The molecule has 0 saturated heterocycles. The summed E-state index contributed by atoms with van der Waals surface area (Å²) in [6, 6.07) is 9.67. The van der Waals surface area contributed by atoms with E-state index in [0.29, 0.717) is 51.2 Å². The average molecular weight is 954 g/mol. The number of carbonyl (C=O) groups excluding carboxylic acids is 6. The van der Waals surface area contributed by atoms with Crippen molar-refractivity contribution in [2.45, 2.75) is 52.4 Å². The molecule has 0 unspecified atom stereocenters. The van der Waals surface area contributed by atoms with Crippen LogP contribution in [0.3, 0.4) is 0 Å². The molecular weight excluding hydrogens is 895 g/mol. The Morgan fingerprint density at radius 2 is 1.07 bits per heavy atom. The number of aromatic amines is 1. The Hall–Kier alpha value is -6.68. The molecule has 0 aliphatic heterocycles. The van der Waals surface area contributed by atoms with Crippen LogP contribution in [-0.4, -0.2) is 124 Å². The van der Waals surface area contributed by atoms with Crippen LogP contribution in [0.1, 0.15) is 125 Å². The second-order valence-electron chi connectivity index (χ2n) is 17.4. The smallest absolute Gasteiger partial charge is 0.274 e.